The third-order valence-electron chi connectivity index (χ3n) is 3.64. The topological polar surface area (TPSA) is 55.9 Å². The first-order chi connectivity index (χ1) is 8.44. The molecule has 7 heteroatoms. The fourth-order valence-electron chi connectivity index (χ4n) is 2.60. The van der Waals surface area contributed by atoms with Gasteiger partial charge in [-0.05, 0) is 18.8 Å². The van der Waals surface area contributed by atoms with Crippen molar-refractivity contribution in [2.75, 3.05) is 0 Å². The van der Waals surface area contributed by atoms with E-state index in [1.54, 1.807) is 17.9 Å². The minimum atomic E-state index is -2.54. The van der Waals surface area contributed by atoms with Crippen LogP contribution in [0.3, 0.4) is 0 Å². The Bertz CT molecular complexity index is 392. The van der Waals surface area contributed by atoms with E-state index < -0.39 is 5.92 Å². The van der Waals surface area contributed by atoms with Crippen molar-refractivity contribution in [3.8, 4) is 0 Å². The summed E-state index contributed by atoms with van der Waals surface area (Å²) in [5.74, 6) is 3.09. The van der Waals surface area contributed by atoms with Crippen molar-refractivity contribution in [2.24, 2.45) is 18.8 Å². The quantitative estimate of drug-likeness (QED) is 0.659. The van der Waals surface area contributed by atoms with E-state index in [0.29, 0.717) is 17.9 Å². The molecule has 1 heterocycles. The number of hydrazine groups is 1. The van der Waals surface area contributed by atoms with E-state index in [4.69, 9.17) is 17.4 Å². The molecule has 0 amide bonds. The summed E-state index contributed by atoms with van der Waals surface area (Å²) < 4.78 is 27.9. The minimum Gasteiger partial charge on any atom is -0.271 e. The average molecular weight is 279 g/mol. The van der Waals surface area contributed by atoms with Crippen molar-refractivity contribution in [1.29, 1.82) is 0 Å². The lowest BCUT2D eigenvalue weighted by Crippen LogP contribution is -2.38. The summed E-state index contributed by atoms with van der Waals surface area (Å²) in [7, 11) is 1.77. The Labute approximate surface area is 109 Å². The predicted octanol–water partition coefficient (Wildman–Crippen LogP) is 2.40. The molecule has 2 rings (SSSR count). The molecule has 1 fully saturated rings. The van der Waals surface area contributed by atoms with Gasteiger partial charge in [-0.25, -0.2) is 8.78 Å². The molecule has 3 N–H and O–H groups in total. The molecule has 0 aromatic carbocycles. The van der Waals surface area contributed by atoms with Crippen LogP contribution in [0.4, 0.5) is 8.78 Å². The van der Waals surface area contributed by atoms with Gasteiger partial charge in [-0.15, -0.1) is 0 Å². The zero-order chi connectivity index (χ0) is 13.3. The van der Waals surface area contributed by atoms with Crippen LogP contribution in [-0.4, -0.2) is 15.7 Å². The molecular weight excluding hydrogens is 262 g/mol. The second-order valence-electron chi connectivity index (χ2n) is 4.84. The molecule has 1 aliphatic carbocycles. The number of hydrogen-bond acceptors (Lipinski definition) is 3. The van der Waals surface area contributed by atoms with Gasteiger partial charge in [0.05, 0.1) is 23.0 Å². The van der Waals surface area contributed by atoms with Crippen LogP contribution < -0.4 is 11.3 Å². The molecule has 1 atom stereocenters. The highest BCUT2D eigenvalue weighted by Gasteiger charge is 2.38. The number of aromatic nitrogens is 2. The fraction of sp³-hybridized carbons (Fsp3) is 0.727. The molecule has 0 bridgehead atoms. The van der Waals surface area contributed by atoms with E-state index in [-0.39, 0.29) is 24.8 Å². The zero-order valence-corrected chi connectivity index (χ0v) is 10.9. The molecule has 1 aliphatic rings. The Balaban J connectivity index is 2.15. The predicted molar refractivity (Wildman–Crippen MR) is 65.2 cm³/mol. The Morgan fingerprint density at radius 1 is 1.56 bits per heavy atom. The number of nitrogens with two attached hydrogens (primary N) is 1. The summed E-state index contributed by atoms with van der Waals surface area (Å²) in [4.78, 5) is 0. The molecule has 1 aromatic heterocycles. The van der Waals surface area contributed by atoms with Crippen LogP contribution in [-0.2, 0) is 7.05 Å². The van der Waals surface area contributed by atoms with Gasteiger partial charge in [0.2, 0.25) is 5.92 Å². The van der Waals surface area contributed by atoms with E-state index in [2.05, 4.69) is 10.5 Å². The third kappa shape index (κ3) is 2.65. The van der Waals surface area contributed by atoms with Crippen molar-refractivity contribution in [1.82, 2.24) is 15.2 Å². The average Bonchev–Trinajstić information content (AvgIpc) is 2.64. The molecule has 1 unspecified atom stereocenters. The summed E-state index contributed by atoms with van der Waals surface area (Å²) in [5.41, 5.74) is 3.45. The second kappa shape index (κ2) is 5.11. The summed E-state index contributed by atoms with van der Waals surface area (Å²) in [5, 5.41) is 4.56. The van der Waals surface area contributed by atoms with E-state index >= 15 is 0 Å². The lowest BCUT2D eigenvalue weighted by molar-refractivity contribution is -0.0500. The molecule has 1 aromatic rings. The van der Waals surface area contributed by atoms with Crippen LogP contribution in [0, 0.1) is 5.92 Å². The molecule has 0 saturated heterocycles. The van der Waals surface area contributed by atoms with Crippen LogP contribution in [0.25, 0.3) is 0 Å². The zero-order valence-electron chi connectivity index (χ0n) is 10.2. The SMILES string of the molecule is Cn1ncc(Cl)c1C(NN)C1CCC(F)(F)CC1. The van der Waals surface area contributed by atoms with Crippen LogP contribution in [0.1, 0.15) is 37.4 Å². The third-order valence-corrected chi connectivity index (χ3v) is 3.94. The first-order valence-corrected chi connectivity index (χ1v) is 6.34. The number of nitrogens with one attached hydrogen (secondary N) is 1. The van der Waals surface area contributed by atoms with Crippen molar-refractivity contribution < 1.29 is 8.78 Å². The van der Waals surface area contributed by atoms with Gasteiger partial charge in [-0.3, -0.25) is 16.0 Å². The molecule has 102 valence electrons. The van der Waals surface area contributed by atoms with Gasteiger partial charge in [0.25, 0.3) is 0 Å². The van der Waals surface area contributed by atoms with Crippen molar-refractivity contribution in [3.05, 3.63) is 16.9 Å². The van der Waals surface area contributed by atoms with Gasteiger partial charge >= 0.3 is 0 Å². The van der Waals surface area contributed by atoms with Crippen LogP contribution >= 0.6 is 11.6 Å². The van der Waals surface area contributed by atoms with Gasteiger partial charge in [0.1, 0.15) is 0 Å². The number of alkyl halides is 2. The van der Waals surface area contributed by atoms with Gasteiger partial charge in [0.15, 0.2) is 0 Å². The maximum Gasteiger partial charge on any atom is 0.248 e. The number of hydrogen-bond donors (Lipinski definition) is 2. The lowest BCUT2D eigenvalue weighted by Gasteiger charge is -2.33. The standard InChI is InChI=1S/C11H17ClF2N4/c1-18-10(8(12)6-16-18)9(17-15)7-2-4-11(13,14)5-3-7/h6-7,9,17H,2-5,15H2,1H3. The van der Waals surface area contributed by atoms with E-state index in [1.165, 1.54) is 0 Å². The number of rotatable bonds is 3. The Morgan fingerprint density at radius 2 is 2.17 bits per heavy atom. The highest BCUT2D eigenvalue weighted by molar-refractivity contribution is 6.31. The van der Waals surface area contributed by atoms with Gasteiger partial charge in [-0.1, -0.05) is 11.6 Å². The fourth-order valence-corrected chi connectivity index (χ4v) is 2.89. The summed E-state index contributed by atoms with van der Waals surface area (Å²) >= 11 is 6.07. The Kier molecular flexibility index (Phi) is 3.89. The monoisotopic (exact) mass is 278 g/mol. The van der Waals surface area contributed by atoms with Crippen LogP contribution in [0.2, 0.25) is 5.02 Å². The Hall–Kier alpha value is -0.720. The van der Waals surface area contributed by atoms with E-state index in [1.807, 2.05) is 0 Å². The first-order valence-electron chi connectivity index (χ1n) is 5.96. The van der Waals surface area contributed by atoms with E-state index in [0.717, 1.165) is 5.69 Å². The molecule has 0 aliphatic heterocycles. The van der Waals surface area contributed by atoms with Crippen molar-refractivity contribution in [3.63, 3.8) is 0 Å². The van der Waals surface area contributed by atoms with Gasteiger partial charge < -0.3 is 0 Å². The van der Waals surface area contributed by atoms with Gasteiger partial charge in [0, 0.05) is 19.9 Å². The smallest absolute Gasteiger partial charge is 0.248 e. The molecule has 1 saturated carbocycles. The second-order valence-corrected chi connectivity index (χ2v) is 5.25. The van der Waals surface area contributed by atoms with Crippen LogP contribution in [0.5, 0.6) is 0 Å². The summed E-state index contributed by atoms with van der Waals surface area (Å²) in [6.07, 6.45) is 2.22. The van der Waals surface area contributed by atoms with Crippen molar-refractivity contribution >= 4 is 11.6 Å². The molecule has 0 spiro atoms. The first kappa shape index (κ1) is 13.7. The maximum absolute atomic E-state index is 13.2. The molecule has 0 radical (unpaired) electrons. The van der Waals surface area contributed by atoms with Crippen LogP contribution in [0.15, 0.2) is 6.20 Å². The maximum atomic E-state index is 13.2. The molecule has 4 nitrogen and oxygen atoms in total. The molecular formula is C11H17ClF2N4. The number of aryl methyl sites for hydroxylation is 1. The highest BCUT2D eigenvalue weighted by Crippen LogP contribution is 2.42. The van der Waals surface area contributed by atoms with Crippen molar-refractivity contribution in [2.45, 2.75) is 37.6 Å². The summed E-state index contributed by atoms with van der Waals surface area (Å²) in [6.45, 7) is 0. The largest absolute Gasteiger partial charge is 0.271 e. The molecule has 18 heavy (non-hydrogen) atoms. The Morgan fingerprint density at radius 3 is 2.61 bits per heavy atom. The lowest BCUT2D eigenvalue weighted by atomic mass is 9.81. The number of nitrogens with zero attached hydrogens (tertiary/aromatic N) is 2. The van der Waals surface area contributed by atoms with E-state index in [9.17, 15) is 8.78 Å². The minimum absolute atomic E-state index is 0.0579. The van der Waals surface area contributed by atoms with Gasteiger partial charge in [-0.2, -0.15) is 5.10 Å². The normalized spacial score (nSPS) is 22.1. The number of halogens is 3. The summed E-state index contributed by atoms with van der Waals surface area (Å²) in [6, 6.07) is -0.235. The highest BCUT2D eigenvalue weighted by atomic mass is 35.5.